The molecule has 0 unspecified atom stereocenters. The second kappa shape index (κ2) is 34.6. The number of nitrogens with one attached hydrogen (secondary N) is 1. The molecule has 1 aliphatic heterocycles. The zero-order valence-electron chi connectivity index (χ0n) is 21.1. The second-order valence-electron chi connectivity index (χ2n) is 5.40. The molecule has 0 radical (unpaired) electrons. The normalized spacial score (nSPS) is 8.75. The van der Waals surface area contributed by atoms with Crippen molar-refractivity contribution >= 4 is 29.3 Å². The molecular formula is C15H37FNNa2O19PS. The van der Waals surface area contributed by atoms with Crippen LogP contribution < -0.4 is 74.2 Å². The summed E-state index contributed by atoms with van der Waals surface area (Å²) in [6.07, 6.45) is 0.190. The van der Waals surface area contributed by atoms with Gasteiger partial charge in [0.25, 0.3) is 0 Å². The summed E-state index contributed by atoms with van der Waals surface area (Å²) in [7, 11) is -8.67. The van der Waals surface area contributed by atoms with Gasteiger partial charge in [0.15, 0.2) is 9.84 Å². The van der Waals surface area contributed by atoms with Gasteiger partial charge in [0.2, 0.25) is 5.91 Å². The van der Waals surface area contributed by atoms with Crippen molar-refractivity contribution in [3.63, 3.8) is 0 Å². The van der Waals surface area contributed by atoms with Crippen LogP contribution in [0.4, 0.5) is 10.1 Å². The molecule has 0 saturated heterocycles. The first-order chi connectivity index (χ1) is 11.9. The Morgan fingerprint density at radius 3 is 1.55 bits per heavy atom. The van der Waals surface area contributed by atoms with Gasteiger partial charge in [-0.25, -0.2) is 12.8 Å². The largest absolute Gasteiger partial charge is 1.00 e. The van der Waals surface area contributed by atoms with Gasteiger partial charge >= 0.3 is 59.1 Å². The maximum Gasteiger partial charge on any atom is 1.00 e. The Labute approximate surface area is 271 Å². The summed E-state index contributed by atoms with van der Waals surface area (Å²) >= 11 is 0. The van der Waals surface area contributed by atoms with Crippen LogP contribution in [0.25, 0.3) is 0 Å². The predicted octanol–water partition coefficient (Wildman–Crippen LogP) is -15.8. The monoisotopic (exact) mass is 663 g/mol. The summed E-state index contributed by atoms with van der Waals surface area (Å²) in [5.74, 6) is -0.746. The molecule has 20 nitrogen and oxygen atoms in total. The van der Waals surface area contributed by atoms with E-state index < -0.39 is 23.5 Å². The Balaban J connectivity index is -0.0000000325. The number of sulfone groups is 1. The number of anilines is 1. The first-order valence-electron chi connectivity index (χ1n) is 7.09. The van der Waals surface area contributed by atoms with Crippen molar-refractivity contribution in [2.24, 2.45) is 0 Å². The van der Waals surface area contributed by atoms with Gasteiger partial charge in [-0.05, 0) is 41.5 Å². The number of hydrogen-bond donors (Lipinski definition) is 2. The van der Waals surface area contributed by atoms with Gasteiger partial charge in [-0.3, -0.25) is 4.79 Å². The third-order valence-electron chi connectivity index (χ3n) is 3.33. The molecule has 40 heavy (non-hydrogen) atoms. The second-order valence-corrected chi connectivity index (χ2v) is 8.32. The van der Waals surface area contributed by atoms with E-state index in [1.807, 2.05) is 0 Å². The van der Waals surface area contributed by atoms with Crippen molar-refractivity contribution in [2.45, 2.75) is 17.1 Å². The molecule has 0 atom stereocenters. The molecule has 0 saturated carbocycles. The zero-order valence-corrected chi connectivity index (χ0v) is 26.8. The van der Waals surface area contributed by atoms with Gasteiger partial charge < -0.3 is 90.3 Å². The summed E-state index contributed by atoms with van der Waals surface area (Å²) in [6.45, 7) is 0. The van der Waals surface area contributed by atoms with Crippen LogP contribution in [0, 0.1) is 5.82 Å². The van der Waals surface area contributed by atoms with E-state index in [-0.39, 0.29) is 148 Å². The molecule has 0 aromatic heterocycles. The summed E-state index contributed by atoms with van der Waals surface area (Å²) in [5.41, 5.74) is 1.85. The van der Waals surface area contributed by atoms with E-state index in [1.54, 1.807) is 6.07 Å². The third-order valence-corrected chi connectivity index (χ3v) is 5.02. The number of fused-ring (bicyclic) bond motifs is 1. The van der Waals surface area contributed by atoms with Crippen LogP contribution in [-0.2, 0) is 31.4 Å². The Bertz CT molecular complexity index is 989. The molecule has 0 aliphatic carbocycles. The van der Waals surface area contributed by atoms with Crippen LogP contribution in [0.15, 0.2) is 47.4 Å². The molecule has 1 amide bonds. The minimum atomic E-state index is -5.14. The molecule has 2 aromatic carbocycles. The molecule has 2 aromatic rings. The number of carbonyl (C=O) groups excluding carboxylic acids is 1. The van der Waals surface area contributed by atoms with Crippen LogP contribution in [-0.4, -0.2) is 84.9 Å². The number of carbonyl (C=O) groups is 1. The number of phosphoric acid groups is 1. The Morgan fingerprint density at radius 1 is 0.800 bits per heavy atom. The van der Waals surface area contributed by atoms with Gasteiger partial charge in [0.05, 0.1) is 24.9 Å². The quantitative estimate of drug-likeness (QED) is 0.235. The maximum atomic E-state index is 12.8. The van der Waals surface area contributed by atoms with E-state index >= 15 is 0 Å². The van der Waals surface area contributed by atoms with Gasteiger partial charge in [0.1, 0.15) is 5.82 Å². The Kier molecular flexibility index (Phi) is 72.2. The molecular weight excluding hydrogens is 626 g/mol. The topological polar surface area (TPSA) is 525 Å². The van der Waals surface area contributed by atoms with E-state index in [2.05, 4.69) is 5.32 Å². The third kappa shape index (κ3) is 28.9. The average Bonchev–Trinajstić information content (AvgIpc) is 2.87. The summed E-state index contributed by atoms with van der Waals surface area (Å²) < 4.78 is 46.2. The van der Waals surface area contributed by atoms with Crippen LogP contribution in [0.1, 0.15) is 11.1 Å². The van der Waals surface area contributed by atoms with E-state index in [0.29, 0.717) is 16.8 Å². The molecule has 1 aliphatic rings. The summed E-state index contributed by atoms with van der Waals surface area (Å²) in [6, 6.07) is 9.95. The number of hydrogen-bond acceptors (Lipinski definition) is 6. The van der Waals surface area contributed by atoms with Crippen molar-refractivity contribution in [1.29, 1.82) is 0 Å². The van der Waals surface area contributed by atoms with Crippen LogP contribution in [0.3, 0.4) is 0 Å². The fourth-order valence-electron chi connectivity index (χ4n) is 2.28. The molecule has 25 heteroatoms. The molecule has 1 heterocycles. The molecule has 236 valence electrons. The van der Waals surface area contributed by atoms with Crippen molar-refractivity contribution in [3.8, 4) is 0 Å². The van der Waals surface area contributed by atoms with Crippen LogP contribution >= 0.6 is 7.82 Å². The SMILES string of the molecule is O.O.O.O.O.O.O.O.O.O.O.O.O=C1Cc2cc(S(=O)(=O)Cc3ccc(F)cc3)ccc2N1.O=P([O-])([O-])O.[Na+].[Na+]. The van der Waals surface area contributed by atoms with Crippen molar-refractivity contribution < 1.29 is 162 Å². The minimum Gasteiger partial charge on any atom is -0.790 e. The summed E-state index contributed by atoms with van der Waals surface area (Å²) in [4.78, 5) is 35.7. The fraction of sp³-hybridized carbons (Fsp3) is 0.133. The molecule has 0 spiro atoms. The molecule has 0 bridgehead atoms. The van der Waals surface area contributed by atoms with E-state index in [0.717, 1.165) is 0 Å². The maximum absolute atomic E-state index is 12.8. The minimum absolute atomic E-state index is 0. The van der Waals surface area contributed by atoms with Crippen molar-refractivity contribution in [1.82, 2.24) is 0 Å². The van der Waals surface area contributed by atoms with E-state index in [4.69, 9.17) is 19.2 Å². The van der Waals surface area contributed by atoms with Gasteiger partial charge in [-0.15, -0.1) is 0 Å². The van der Waals surface area contributed by atoms with Gasteiger partial charge in [-0.2, -0.15) is 0 Å². The first kappa shape index (κ1) is 83.4. The number of benzene rings is 2. The predicted molar refractivity (Wildman–Crippen MR) is 129 cm³/mol. The number of rotatable bonds is 3. The van der Waals surface area contributed by atoms with E-state index in [1.165, 1.54) is 36.4 Å². The average molecular weight is 663 g/mol. The van der Waals surface area contributed by atoms with Gasteiger partial charge in [-0.1, -0.05) is 12.1 Å². The fourth-order valence-corrected chi connectivity index (χ4v) is 3.68. The molecule has 3 rings (SSSR count). The number of amides is 1. The van der Waals surface area contributed by atoms with E-state index in [9.17, 15) is 17.6 Å². The smallest absolute Gasteiger partial charge is 0.790 e. The Hall–Kier alpha value is -0.580. The molecule has 0 fully saturated rings. The first-order valence-corrected chi connectivity index (χ1v) is 10.2. The van der Waals surface area contributed by atoms with Crippen molar-refractivity contribution in [3.05, 3.63) is 59.4 Å². The number of halogens is 1. The Morgan fingerprint density at radius 2 is 1.18 bits per heavy atom. The summed E-state index contributed by atoms with van der Waals surface area (Å²) in [5, 5.41) is 2.66. The van der Waals surface area contributed by atoms with Crippen LogP contribution in [0.5, 0.6) is 0 Å². The standard InChI is InChI=1S/C15H12FNO3S.2Na.H3O4P.12H2O/c16-12-3-1-10(2-4-12)9-21(19,20)13-5-6-14-11(7-13)8-15(18)17-14;;;1-5(2,3)4;;;;;;;;;;;;/h1-7H,8-9H2,(H,17,18);;;(H3,1,2,3,4);12*1H2/q;2*+1;;;;;;;;;;;;;/p-2. The molecule has 26 N–H and O–H groups in total. The van der Waals surface area contributed by atoms with Crippen LogP contribution in [0.2, 0.25) is 0 Å². The van der Waals surface area contributed by atoms with Crippen molar-refractivity contribution in [2.75, 3.05) is 5.32 Å². The van der Waals surface area contributed by atoms with Gasteiger partial charge in [0, 0.05) is 5.69 Å². The zero-order chi connectivity index (χ0) is 19.5.